The van der Waals surface area contributed by atoms with Crippen molar-refractivity contribution < 1.29 is 9.90 Å². The molecule has 0 unspecified atom stereocenters. The number of phenolic OH excluding ortho intramolecular Hbond substituents is 1. The zero-order valence-electron chi connectivity index (χ0n) is 7.12. The molecule has 0 amide bonds. The van der Waals surface area contributed by atoms with Gasteiger partial charge in [-0.1, -0.05) is 24.3 Å². The van der Waals surface area contributed by atoms with Crippen LogP contribution in [0.25, 0.3) is 6.08 Å². The number of benzene rings is 1. The van der Waals surface area contributed by atoms with Crippen LogP contribution in [0.2, 0.25) is 0 Å². The second-order valence-electron chi connectivity index (χ2n) is 2.52. The number of carbonyl (C=O) groups excluding carboxylic acids is 1. The van der Waals surface area contributed by atoms with Crippen LogP contribution in [0.15, 0.2) is 24.3 Å². The van der Waals surface area contributed by atoms with Gasteiger partial charge in [0, 0.05) is 5.56 Å². The van der Waals surface area contributed by atoms with Gasteiger partial charge in [0.25, 0.3) is 5.24 Å². The maximum absolute atomic E-state index is 10.8. The molecule has 0 heterocycles. The van der Waals surface area contributed by atoms with Gasteiger partial charge in [-0.3, -0.25) is 4.79 Å². The molecule has 13 heavy (non-hydrogen) atoms. The molecule has 0 saturated carbocycles. The van der Waals surface area contributed by atoms with Gasteiger partial charge in [-0.2, -0.15) is 0 Å². The summed E-state index contributed by atoms with van der Waals surface area (Å²) < 4.78 is 0. The Kier molecular flexibility index (Phi) is 3.09. The monoisotopic (exact) mass is 196 g/mol. The molecule has 0 bridgehead atoms. The maximum Gasteiger partial charge on any atom is 0.256 e. The predicted octanol–water partition coefficient (Wildman–Crippen LogP) is 2.80. The maximum atomic E-state index is 10.8. The second-order valence-corrected chi connectivity index (χ2v) is 2.86. The fourth-order valence-corrected chi connectivity index (χ4v) is 1.19. The quantitative estimate of drug-likeness (QED) is 0.739. The predicted molar refractivity (Wildman–Crippen MR) is 53.0 cm³/mol. The number of hydrogen-bond acceptors (Lipinski definition) is 2. The zero-order chi connectivity index (χ0) is 9.84. The Hall–Kier alpha value is -1.28. The van der Waals surface area contributed by atoms with Gasteiger partial charge in [0.2, 0.25) is 0 Å². The number of aromatic hydroxyl groups is 1. The summed E-state index contributed by atoms with van der Waals surface area (Å²) in [5.74, 6) is -0.0689. The molecular formula is C10H9ClO2. The number of hydrogen-bond donors (Lipinski definition) is 1. The number of rotatable bonds is 2. The van der Waals surface area contributed by atoms with Gasteiger partial charge in [0.1, 0.15) is 5.75 Å². The van der Waals surface area contributed by atoms with Crippen molar-refractivity contribution in [1.82, 2.24) is 0 Å². The number of para-hydroxylation sites is 1. The van der Waals surface area contributed by atoms with Crippen LogP contribution >= 0.6 is 11.6 Å². The van der Waals surface area contributed by atoms with E-state index in [-0.39, 0.29) is 11.3 Å². The molecule has 1 N–H and O–H groups in total. The van der Waals surface area contributed by atoms with E-state index < -0.39 is 5.24 Å². The lowest BCUT2D eigenvalue weighted by molar-refractivity contribution is 0.107. The van der Waals surface area contributed by atoms with Crippen molar-refractivity contribution in [1.29, 1.82) is 0 Å². The molecule has 1 aromatic rings. The highest BCUT2D eigenvalue weighted by atomic mass is 35.5. The number of carbonyl (C=O) groups is 1. The van der Waals surface area contributed by atoms with E-state index in [1.54, 1.807) is 24.3 Å². The summed E-state index contributed by atoms with van der Waals surface area (Å²) in [7, 11) is 0. The average molecular weight is 197 g/mol. The molecule has 1 aromatic carbocycles. The number of halogens is 1. The van der Waals surface area contributed by atoms with E-state index >= 15 is 0 Å². The molecule has 0 atom stereocenters. The van der Waals surface area contributed by atoms with Gasteiger partial charge in [0.05, 0.1) is 5.56 Å². The third-order valence-electron chi connectivity index (χ3n) is 1.63. The van der Waals surface area contributed by atoms with Gasteiger partial charge >= 0.3 is 0 Å². The Bertz CT molecular complexity index is 356. The Labute approximate surface area is 81.5 Å². The van der Waals surface area contributed by atoms with Gasteiger partial charge in [-0.05, 0) is 24.6 Å². The lowest BCUT2D eigenvalue weighted by Crippen LogP contribution is -1.90. The fourth-order valence-electron chi connectivity index (χ4n) is 1.03. The smallest absolute Gasteiger partial charge is 0.256 e. The van der Waals surface area contributed by atoms with E-state index in [9.17, 15) is 9.90 Å². The minimum atomic E-state index is -0.649. The lowest BCUT2D eigenvalue weighted by atomic mass is 10.1. The minimum absolute atomic E-state index is 0.0689. The number of phenols is 1. The molecule has 0 saturated heterocycles. The van der Waals surface area contributed by atoms with E-state index in [0.717, 1.165) is 0 Å². The Morgan fingerprint density at radius 3 is 2.77 bits per heavy atom. The molecule has 1 rings (SSSR count). The summed E-state index contributed by atoms with van der Waals surface area (Å²) in [5, 5.41) is 8.88. The molecule has 0 aliphatic carbocycles. The van der Waals surface area contributed by atoms with Gasteiger partial charge in [-0.15, -0.1) is 0 Å². The SMILES string of the molecule is C/C=C/c1cccc(C(=O)Cl)c1O. The number of allylic oxidation sites excluding steroid dienone is 1. The van der Waals surface area contributed by atoms with Crippen LogP contribution in [-0.4, -0.2) is 10.3 Å². The van der Waals surface area contributed by atoms with Crippen LogP contribution in [0.3, 0.4) is 0 Å². The molecule has 0 aliphatic heterocycles. The summed E-state index contributed by atoms with van der Waals surface area (Å²) in [4.78, 5) is 10.8. The highest BCUT2D eigenvalue weighted by Crippen LogP contribution is 2.24. The molecular weight excluding hydrogens is 188 g/mol. The van der Waals surface area contributed by atoms with Crippen LogP contribution in [0.1, 0.15) is 22.8 Å². The topological polar surface area (TPSA) is 37.3 Å². The van der Waals surface area contributed by atoms with E-state index in [2.05, 4.69) is 0 Å². The molecule has 3 heteroatoms. The first-order chi connectivity index (χ1) is 6.16. The molecule has 0 radical (unpaired) electrons. The van der Waals surface area contributed by atoms with E-state index in [1.165, 1.54) is 6.07 Å². The first-order valence-corrected chi connectivity index (χ1v) is 4.19. The Morgan fingerprint density at radius 2 is 2.23 bits per heavy atom. The Balaban J connectivity index is 3.26. The van der Waals surface area contributed by atoms with E-state index in [1.807, 2.05) is 6.92 Å². The van der Waals surface area contributed by atoms with Gasteiger partial charge in [0.15, 0.2) is 0 Å². The second kappa shape index (κ2) is 4.10. The minimum Gasteiger partial charge on any atom is -0.507 e. The van der Waals surface area contributed by atoms with Crippen LogP contribution in [-0.2, 0) is 0 Å². The van der Waals surface area contributed by atoms with Crippen LogP contribution in [0.5, 0.6) is 5.75 Å². The van der Waals surface area contributed by atoms with E-state index in [0.29, 0.717) is 5.56 Å². The average Bonchev–Trinajstić information content (AvgIpc) is 2.08. The molecule has 0 fully saturated rings. The third-order valence-corrected chi connectivity index (χ3v) is 1.83. The first-order valence-electron chi connectivity index (χ1n) is 3.81. The molecule has 0 spiro atoms. The Morgan fingerprint density at radius 1 is 1.54 bits per heavy atom. The highest BCUT2D eigenvalue weighted by molar-refractivity contribution is 6.68. The molecule has 68 valence electrons. The standard InChI is InChI=1S/C10H9ClO2/c1-2-4-7-5-3-6-8(9(7)12)10(11)13/h2-6,12H,1H3/b4-2+. The van der Waals surface area contributed by atoms with Crippen LogP contribution in [0, 0.1) is 0 Å². The van der Waals surface area contributed by atoms with Crippen molar-refractivity contribution in [2.75, 3.05) is 0 Å². The van der Waals surface area contributed by atoms with Crippen molar-refractivity contribution in [3.63, 3.8) is 0 Å². The molecule has 0 aliphatic rings. The van der Waals surface area contributed by atoms with Crippen molar-refractivity contribution in [2.24, 2.45) is 0 Å². The van der Waals surface area contributed by atoms with Gasteiger partial charge < -0.3 is 5.11 Å². The van der Waals surface area contributed by atoms with Crippen molar-refractivity contribution in [3.8, 4) is 5.75 Å². The third kappa shape index (κ3) is 2.10. The highest BCUT2D eigenvalue weighted by Gasteiger charge is 2.09. The summed E-state index contributed by atoms with van der Waals surface area (Å²) in [5.41, 5.74) is 0.728. The van der Waals surface area contributed by atoms with Crippen molar-refractivity contribution in [2.45, 2.75) is 6.92 Å². The van der Waals surface area contributed by atoms with E-state index in [4.69, 9.17) is 11.6 Å². The fraction of sp³-hybridized carbons (Fsp3) is 0.100. The summed E-state index contributed by atoms with van der Waals surface area (Å²) >= 11 is 5.26. The molecule has 0 aromatic heterocycles. The normalized spacial score (nSPS) is 10.6. The zero-order valence-corrected chi connectivity index (χ0v) is 7.88. The summed E-state index contributed by atoms with van der Waals surface area (Å²) in [6, 6.07) is 4.86. The van der Waals surface area contributed by atoms with Crippen LogP contribution in [0.4, 0.5) is 0 Å². The summed E-state index contributed by atoms with van der Waals surface area (Å²) in [6.45, 7) is 1.83. The summed E-state index contributed by atoms with van der Waals surface area (Å²) in [6.07, 6.45) is 3.48. The lowest BCUT2D eigenvalue weighted by Gasteiger charge is -2.02. The van der Waals surface area contributed by atoms with Crippen LogP contribution < -0.4 is 0 Å². The van der Waals surface area contributed by atoms with Gasteiger partial charge in [-0.25, -0.2) is 0 Å². The van der Waals surface area contributed by atoms with Crippen molar-refractivity contribution >= 4 is 22.9 Å². The molecule has 2 nitrogen and oxygen atoms in total. The first kappa shape index (κ1) is 9.81. The van der Waals surface area contributed by atoms with Crippen molar-refractivity contribution in [3.05, 3.63) is 35.4 Å². The largest absolute Gasteiger partial charge is 0.507 e.